The second kappa shape index (κ2) is 13.0. The summed E-state index contributed by atoms with van der Waals surface area (Å²) in [7, 11) is 13.0. The molecule has 258 valence electrons. The highest BCUT2D eigenvalue weighted by Gasteiger charge is 2.29. The molecule has 0 bridgehead atoms. The Labute approximate surface area is 294 Å². The van der Waals surface area contributed by atoms with E-state index in [-0.39, 0.29) is 0 Å². The van der Waals surface area contributed by atoms with Crippen molar-refractivity contribution in [2.24, 2.45) is 0 Å². The first kappa shape index (κ1) is 37.1. The van der Waals surface area contributed by atoms with Crippen LogP contribution in [0, 0.1) is 104 Å². The molecule has 0 fully saturated rings. The Hall–Kier alpha value is -3.72. The number of rotatable bonds is 6. The quantitative estimate of drug-likeness (QED) is 0.207. The summed E-state index contributed by atoms with van der Waals surface area (Å²) in [5.74, 6) is 0. The van der Waals surface area contributed by atoms with Gasteiger partial charge in [-0.1, -0.05) is 0 Å². The maximum atomic E-state index is 2.40. The van der Waals surface area contributed by atoms with Crippen LogP contribution in [0.25, 0.3) is 33.4 Å². The molecule has 0 aliphatic heterocycles. The Morgan fingerprint density at radius 1 is 0.188 bits per heavy atom. The Morgan fingerprint density at radius 3 is 0.438 bits per heavy atom. The van der Waals surface area contributed by atoms with Crippen molar-refractivity contribution in [3.05, 3.63) is 83.5 Å². The smallest absolute Gasteiger partial charge is 0.0426 e. The molecule has 0 aliphatic rings. The van der Waals surface area contributed by atoms with Gasteiger partial charge in [-0.05, 0) is 221 Å². The Bertz CT molecular complexity index is 1650. The SMILES string of the molecule is Cc1c(C)c(N(C)C)c(C)c(C)c1-c1c(C)c(-c2c(C)c(C)c(N(C)C)c(C)c2C)c(C)c(-c2c(C)c(C)c(N(C)C)c(C)c2C)c1C. The predicted octanol–water partition coefficient (Wildman–Crippen LogP) is 11.5. The summed E-state index contributed by atoms with van der Waals surface area (Å²) >= 11 is 0. The Kier molecular flexibility index (Phi) is 10.0. The van der Waals surface area contributed by atoms with E-state index < -0.39 is 0 Å². The normalized spacial score (nSPS) is 11.4. The van der Waals surface area contributed by atoms with E-state index in [2.05, 4.69) is 161 Å². The number of anilines is 3. The molecule has 0 spiro atoms. The van der Waals surface area contributed by atoms with E-state index in [0.717, 1.165) is 0 Å². The van der Waals surface area contributed by atoms with Crippen molar-refractivity contribution in [2.45, 2.75) is 104 Å². The van der Waals surface area contributed by atoms with E-state index in [1.54, 1.807) is 0 Å². The van der Waals surface area contributed by atoms with E-state index in [1.807, 2.05) is 0 Å². The van der Waals surface area contributed by atoms with Crippen molar-refractivity contribution < 1.29 is 0 Å². The van der Waals surface area contributed by atoms with E-state index in [4.69, 9.17) is 0 Å². The zero-order chi connectivity index (χ0) is 36.6. The van der Waals surface area contributed by atoms with Crippen LogP contribution in [0.5, 0.6) is 0 Å². The molecular formula is C45H63N3. The van der Waals surface area contributed by atoms with Crippen LogP contribution in [0.15, 0.2) is 0 Å². The largest absolute Gasteiger partial charge is 0.377 e. The maximum Gasteiger partial charge on any atom is 0.0426 e. The number of hydrogen-bond acceptors (Lipinski definition) is 3. The zero-order valence-corrected chi connectivity index (χ0v) is 34.3. The van der Waals surface area contributed by atoms with Gasteiger partial charge in [0.2, 0.25) is 0 Å². The molecule has 4 aromatic carbocycles. The molecule has 0 unspecified atom stereocenters. The summed E-state index contributed by atoms with van der Waals surface area (Å²) in [6.07, 6.45) is 0. The average Bonchev–Trinajstić information content (AvgIpc) is 2.98. The van der Waals surface area contributed by atoms with Gasteiger partial charge in [-0.25, -0.2) is 0 Å². The van der Waals surface area contributed by atoms with Crippen molar-refractivity contribution in [2.75, 3.05) is 57.0 Å². The fraction of sp³-hybridized carbons (Fsp3) is 0.467. The number of nitrogens with zero attached hydrogens (tertiary/aromatic N) is 3. The summed E-state index contributed by atoms with van der Waals surface area (Å²) in [5, 5.41) is 0. The molecule has 0 amide bonds. The summed E-state index contributed by atoms with van der Waals surface area (Å²) in [4.78, 5) is 6.86. The summed E-state index contributed by atoms with van der Waals surface area (Å²) < 4.78 is 0. The van der Waals surface area contributed by atoms with Gasteiger partial charge in [0.15, 0.2) is 0 Å². The fourth-order valence-corrected chi connectivity index (χ4v) is 9.36. The highest BCUT2D eigenvalue weighted by Crippen LogP contribution is 2.51. The maximum absolute atomic E-state index is 2.40. The molecule has 0 aliphatic carbocycles. The molecule has 4 rings (SSSR count). The monoisotopic (exact) mass is 646 g/mol. The summed E-state index contributed by atoms with van der Waals surface area (Å²) in [6.45, 7) is 35.1. The van der Waals surface area contributed by atoms with Crippen molar-refractivity contribution in [1.29, 1.82) is 0 Å². The van der Waals surface area contributed by atoms with Gasteiger partial charge in [0.25, 0.3) is 0 Å². The molecule has 0 heterocycles. The van der Waals surface area contributed by atoms with Crippen LogP contribution in [0.1, 0.15) is 83.5 Å². The third-order valence-corrected chi connectivity index (χ3v) is 12.1. The molecule has 0 saturated carbocycles. The molecule has 0 N–H and O–H groups in total. The zero-order valence-electron chi connectivity index (χ0n) is 34.3. The van der Waals surface area contributed by atoms with E-state index in [0.29, 0.717) is 0 Å². The number of hydrogen-bond donors (Lipinski definition) is 0. The molecule has 0 saturated heterocycles. The van der Waals surface area contributed by atoms with Crippen molar-refractivity contribution in [3.63, 3.8) is 0 Å². The van der Waals surface area contributed by atoms with Crippen LogP contribution in [-0.2, 0) is 0 Å². The molecule has 4 aromatic rings. The third-order valence-electron chi connectivity index (χ3n) is 12.1. The van der Waals surface area contributed by atoms with Gasteiger partial charge >= 0.3 is 0 Å². The third kappa shape index (κ3) is 5.33. The van der Waals surface area contributed by atoms with Gasteiger partial charge in [-0.2, -0.15) is 0 Å². The lowest BCUT2D eigenvalue weighted by atomic mass is 9.74. The van der Waals surface area contributed by atoms with Crippen LogP contribution in [0.2, 0.25) is 0 Å². The minimum absolute atomic E-state index is 1.34. The van der Waals surface area contributed by atoms with Crippen molar-refractivity contribution in [3.8, 4) is 33.4 Å². The van der Waals surface area contributed by atoms with E-state index in [1.165, 1.54) is 134 Å². The molecule has 0 atom stereocenters. The first-order valence-electron chi connectivity index (χ1n) is 17.6. The first-order valence-corrected chi connectivity index (χ1v) is 17.6. The van der Waals surface area contributed by atoms with Crippen LogP contribution in [-0.4, -0.2) is 42.3 Å². The van der Waals surface area contributed by atoms with Crippen LogP contribution >= 0.6 is 0 Å². The highest BCUT2D eigenvalue weighted by molar-refractivity contribution is 5.98. The van der Waals surface area contributed by atoms with Gasteiger partial charge < -0.3 is 14.7 Å². The van der Waals surface area contributed by atoms with Crippen LogP contribution in [0.4, 0.5) is 17.1 Å². The molecule has 48 heavy (non-hydrogen) atoms. The predicted molar refractivity (Wildman–Crippen MR) is 217 cm³/mol. The summed E-state index contributed by atoms with van der Waals surface area (Å²) in [6, 6.07) is 0. The van der Waals surface area contributed by atoms with Gasteiger partial charge in [0.1, 0.15) is 0 Å². The number of benzene rings is 4. The Morgan fingerprint density at radius 2 is 0.312 bits per heavy atom. The minimum atomic E-state index is 1.34. The van der Waals surface area contributed by atoms with E-state index in [9.17, 15) is 0 Å². The second-order valence-corrected chi connectivity index (χ2v) is 15.4. The fourth-order valence-electron chi connectivity index (χ4n) is 9.36. The lowest BCUT2D eigenvalue weighted by molar-refractivity contribution is 1.07. The minimum Gasteiger partial charge on any atom is -0.377 e. The molecule has 0 aromatic heterocycles. The van der Waals surface area contributed by atoms with Crippen LogP contribution < -0.4 is 14.7 Å². The van der Waals surface area contributed by atoms with Crippen molar-refractivity contribution in [1.82, 2.24) is 0 Å². The summed E-state index contributed by atoms with van der Waals surface area (Å²) in [5.41, 5.74) is 33.0. The lowest BCUT2D eigenvalue weighted by Gasteiger charge is -2.32. The second-order valence-electron chi connectivity index (χ2n) is 15.4. The van der Waals surface area contributed by atoms with Gasteiger partial charge in [-0.3, -0.25) is 0 Å². The highest BCUT2D eigenvalue weighted by atomic mass is 15.1. The Balaban J connectivity index is 2.40. The van der Waals surface area contributed by atoms with Crippen molar-refractivity contribution >= 4 is 17.1 Å². The van der Waals surface area contributed by atoms with Gasteiger partial charge in [0, 0.05) is 59.3 Å². The topological polar surface area (TPSA) is 9.72 Å². The average molecular weight is 646 g/mol. The molecule has 3 nitrogen and oxygen atoms in total. The van der Waals surface area contributed by atoms with Gasteiger partial charge in [0.05, 0.1) is 0 Å². The van der Waals surface area contributed by atoms with Gasteiger partial charge in [-0.15, -0.1) is 0 Å². The lowest BCUT2D eigenvalue weighted by Crippen LogP contribution is -2.16. The van der Waals surface area contributed by atoms with E-state index >= 15 is 0 Å². The molecule has 3 heteroatoms. The molecular weight excluding hydrogens is 583 g/mol. The van der Waals surface area contributed by atoms with Crippen LogP contribution in [0.3, 0.4) is 0 Å². The standard InChI is InChI=1S/C45H63N3/c1-22-28(7)43(46(16)17)29(8)23(2)37(22)40-34(13)41(38-24(3)30(9)44(47(18)19)31(10)25(38)4)36(15)42(35(40)14)39-26(5)32(11)45(48(20)21)33(12)27(39)6/h1-21H3. The molecule has 0 radical (unpaired) electrons. The first-order chi connectivity index (χ1) is 22.1.